The molecular weight excluding hydrogens is 164 g/mol. The fourth-order valence-electron chi connectivity index (χ4n) is 0.928. The van der Waals surface area contributed by atoms with Gasteiger partial charge in [0.1, 0.15) is 12.1 Å². The third kappa shape index (κ3) is 3.85. The van der Waals surface area contributed by atoms with E-state index in [9.17, 15) is 0 Å². The molecule has 0 aliphatic heterocycles. The van der Waals surface area contributed by atoms with Crippen LogP contribution in [0.1, 0.15) is 6.92 Å². The maximum absolute atomic E-state index is 4.06. The molecule has 0 spiro atoms. The predicted octanol–water partition coefficient (Wildman–Crippen LogP) is 0.840. The molecule has 72 valence electrons. The largest absolute Gasteiger partial charge is 0.369 e. The van der Waals surface area contributed by atoms with Crippen LogP contribution in [0.5, 0.6) is 0 Å². The summed E-state index contributed by atoms with van der Waals surface area (Å²) in [6, 6.07) is 1.87. The van der Waals surface area contributed by atoms with Gasteiger partial charge in [-0.05, 0) is 19.7 Å². The van der Waals surface area contributed by atoms with E-state index in [-0.39, 0.29) is 0 Å². The van der Waals surface area contributed by atoms with E-state index in [1.165, 1.54) is 0 Å². The second-order valence-corrected chi connectivity index (χ2v) is 2.92. The Hall–Kier alpha value is -1.16. The van der Waals surface area contributed by atoms with Gasteiger partial charge in [-0.1, -0.05) is 6.92 Å². The highest BCUT2D eigenvalue weighted by atomic mass is 15.1. The molecule has 0 radical (unpaired) electrons. The number of rotatable bonds is 5. The summed E-state index contributed by atoms with van der Waals surface area (Å²) in [5, 5.41) is 3.22. The molecule has 1 rings (SSSR count). The van der Waals surface area contributed by atoms with Gasteiger partial charge in [0.05, 0.1) is 0 Å². The van der Waals surface area contributed by atoms with Crippen LogP contribution in [0.4, 0.5) is 5.82 Å². The van der Waals surface area contributed by atoms with Gasteiger partial charge in [0.25, 0.3) is 0 Å². The highest BCUT2D eigenvalue weighted by Gasteiger charge is 1.94. The van der Waals surface area contributed by atoms with Crippen LogP contribution >= 0.6 is 0 Å². The van der Waals surface area contributed by atoms with E-state index >= 15 is 0 Å². The summed E-state index contributed by atoms with van der Waals surface area (Å²) in [5.74, 6) is 0.888. The van der Waals surface area contributed by atoms with Gasteiger partial charge >= 0.3 is 0 Å². The van der Waals surface area contributed by atoms with E-state index in [1.54, 1.807) is 12.5 Å². The van der Waals surface area contributed by atoms with Crippen molar-refractivity contribution < 1.29 is 0 Å². The number of hydrogen-bond acceptors (Lipinski definition) is 4. The van der Waals surface area contributed by atoms with Gasteiger partial charge in [-0.25, -0.2) is 9.97 Å². The Kier molecular flexibility index (Phi) is 4.18. The Balaban J connectivity index is 2.20. The van der Waals surface area contributed by atoms with Gasteiger partial charge < -0.3 is 10.2 Å². The fraction of sp³-hybridized carbons (Fsp3) is 0.556. The Morgan fingerprint density at radius 3 is 3.00 bits per heavy atom. The molecule has 0 fully saturated rings. The Bertz CT molecular complexity index is 224. The first-order valence-corrected chi connectivity index (χ1v) is 4.51. The summed E-state index contributed by atoms with van der Waals surface area (Å²) in [6.07, 6.45) is 3.28. The van der Waals surface area contributed by atoms with Crippen molar-refractivity contribution in [2.24, 2.45) is 0 Å². The second-order valence-electron chi connectivity index (χ2n) is 2.92. The van der Waals surface area contributed by atoms with Crippen molar-refractivity contribution in [2.75, 3.05) is 32.0 Å². The number of nitrogens with one attached hydrogen (secondary N) is 1. The Morgan fingerprint density at radius 1 is 1.54 bits per heavy atom. The maximum atomic E-state index is 4.06. The van der Waals surface area contributed by atoms with Crippen molar-refractivity contribution in [1.82, 2.24) is 14.9 Å². The molecule has 13 heavy (non-hydrogen) atoms. The molecule has 1 aromatic rings. The van der Waals surface area contributed by atoms with Crippen LogP contribution in [-0.4, -0.2) is 41.5 Å². The molecule has 0 aliphatic carbocycles. The first-order valence-electron chi connectivity index (χ1n) is 4.51. The zero-order valence-corrected chi connectivity index (χ0v) is 8.20. The van der Waals surface area contributed by atoms with E-state index in [4.69, 9.17) is 0 Å². The lowest BCUT2D eigenvalue weighted by Crippen LogP contribution is -2.24. The number of hydrogen-bond donors (Lipinski definition) is 1. The average Bonchev–Trinajstić information content (AvgIpc) is 2.19. The molecule has 4 heteroatoms. The highest BCUT2D eigenvalue weighted by molar-refractivity contribution is 5.31. The molecule has 0 amide bonds. The van der Waals surface area contributed by atoms with Crippen LogP contribution in [-0.2, 0) is 0 Å². The van der Waals surface area contributed by atoms with Crippen LogP contribution in [0.25, 0.3) is 0 Å². The molecule has 4 nitrogen and oxygen atoms in total. The lowest BCUT2D eigenvalue weighted by Gasteiger charge is -2.13. The summed E-state index contributed by atoms with van der Waals surface area (Å²) in [4.78, 5) is 10.1. The summed E-state index contributed by atoms with van der Waals surface area (Å²) >= 11 is 0. The Labute approximate surface area is 79.0 Å². The molecule has 0 aliphatic rings. The van der Waals surface area contributed by atoms with Gasteiger partial charge in [0, 0.05) is 19.3 Å². The molecule has 0 saturated heterocycles. The van der Waals surface area contributed by atoms with Crippen molar-refractivity contribution in [3.8, 4) is 0 Å². The molecule has 0 saturated carbocycles. The van der Waals surface area contributed by atoms with Crippen LogP contribution in [0, 0.1) is 0 Å². The topological polar surface area (TPSA) is 41.0 Å². The van der Waals surface area contributed by atoms with Gasteiger partial charge in [-0.2, -0.15) is 0 Å². The molecule has 0 aromatic carbocycles. The first-order chi connectivity index (χ1) is 6.33. The quantitative estimate of drug-likeness (QED) is 0.729. The van der Waals surface area contributed by atoms with E-state index in [2.05, 4.69) is 34.2 Å². The number of nitrogens with zero attached hydrogens (tertiary/aromatic N) is 3. The molecule has 0 unspecified atom stereocenters. The van der Waals surface area contributed by atoms with Crippen LogP contribution < -0.4 is 5.32 Å². The monoisotopic (exact) mass is 180 g/mol. The summed E-state index contributed by atoms with van der Waals surface area (Å²) in [7, 11) is 2.10. The molecule has 1 heterocycles. The maximum Gasteiger partial charge on any atom is 0.129 e. The van der Waals surface area contributed by atoms with E-state index < -0.39 is 0 Å². The lowest BCUT2D eigenvalue weighted by atomic mass is 10.5. The SMILES string of the molecule is CCN(C)CCNc1ccncn1. The van der Waals surface area contributed by atoms with Crippen LogP contribution in [0.3, 0.4) is 0 Å². The summed E-state index contributed by atoms with van der Waals surface area (Å²) < 4.78 is 0. The van der Waals surface area contributed by atoms with Crippen LogP contribution in [0.15, 0.2) is 18.6 Å². The number of anilines is 1. The molecular formula is C9H16N4. The Morgan fingerprint density at radius 2 is 2.38 bits per heavy atom. The standard InChI is InChI=1S/C9H16N4/c1-3-13(2)7-6-11-9-4-5-10-8-12-9/h4-5,8H,3,6-7H2,1-2H3,(H,10,11,12). The molecule has 0 atom stereocenters. The molecule has 0 bridgehead atoms. The normalized spacial score (nSPS) is 10.4. The van der Waals surface area contributed by atoms with Gasteiger partial charge in [-0.3, -0.25) is 0 Å². The smallest absolute Gasteiger partial charge is 0.129 e. The van der Waals surface area contributed by atoms with Gasteiger partial charge in [-0.15, -0.1) is 0 Å². The molecule has 1 N–H and O–H groups in total. The average molecular weight is 180 g/mol. The fourth-order valence-corrected chi connectivity index (χ4v) is 0.928. The van der Waals surface area contributed by atoms with E-state index in [1.807, 2.05) is 6.07 Å². The van der Waals surface area contributed by atoms with E-state index in [0.29, 0.717) is 0 Å². The number of likely N-dealkylation sites (N-methyl/N-ethyl adjacent to an activating group) is 1. The van der Waals surface area contributed by atoms with Crippen LogP contribution in [0.2, 0.25) is 0 Å². The summed E-state index contributed by atoms with van der Waals surface area (Å²) in [5.41, 5.74) is 0. The van der Waals surface area contributed by atoms with Crippen molar-refractivity contribution in [3.05, 3.63) is 18.6 Å². The van der Waals surface area contributed by atoms with Crippen molar-refractivity contribution >= 4 is 5.82 Å². The minimum atomic E-state index is 0.888. The second kappa shape index (κ2) is 5.48. The minimum Gasteiger partial charge on any atom is -0.369 e. The van der Waals surface area contributed by atoms with Crippen molar-refractivity contribution in [1.29, 1.82) is 0 Å². The van der Waals surface area contributed by atoms with Crippen molar-refractivity contribution in [2.45, 2.75) is 6.92 Å². The summed E-state index contributed by atoms with van der Waals surface area (Å²) in [6.45, 7) is 5.16. The van der Waals surface area contributed by atoms with Gasteiger partial charge in [0.2, 0.25) is 0 Å². The van der Waals surface area contributed by atoms with Gasteiger partial charge in [0.15, 0.2) is 0 Å². The zero-order valence-electron chi connectivity index (χ0n) is 8.20. The van der Waals surface area contributed by atoms with Crippen molar-refractivity contribution in [3.63, 3.8) is 0 Å². The molecule has 1 aromatic heterocycles. The number of aromatic nitrogens is 2. The predicted molar refractivity (Wildman–Crippen MR) is 53.7 cm³/mol. The minimum absolute atomic E-state index is 0.888. The zero-order chi connectivity index (χ0) is 9.52. The highest BCUT2D eigenvalue weighted by Crippen LogP contribution is 1.96. The first kappa shape index (κ1) is 9.92. The van der Waals surface area contributed by atoms with E-state index in [0.717, 1.165) is 25.5 Å². The third-order valence-electron chi connectivity index (χ3n) is 1.92. The third-order valence-corrected chi connectivity index (χ3v) is 1.92. The lowest BCUT2D eigenvalue weighted by molar-refractivity contribution is 0.367.